The molecule has 0 aliphatic heterocycles. The van der Waals surface area contributed by atoms with Crippen molar-refractivity contribution < 1.29 is 27.5 Å². The van der Waals surface area contributed by atoms with Gasteiger partial charge in [-0.2, -0.15) is 0 Å². The van der Waals surface area contributed by atoms with Crippen LogP contribution in [0.25, 0.3) is 0 Å². The van der Waals surface area contributed by atoms with Gasteiger partial charge in [-0.25, -0.2) is 8.42 Å². The van der Waals surface area contributed by atoms with Crippen molar-refractivity contribution in [3.63, 3.8) is 0 Å². The second kappa shape index (κ2) is 15.3. The highest BCUT2D eigenvalue weighted by Gasteiger charge is 2.33. The second-order valence-corrected chi connectivity index (χ2v) is 12.1. The zero-order valence-electron chi connectivity index (χ0n) is 25.0. The van der Waals surface area contributed by atoms with Crippen molar-refractivity contribution >= 4 is 27.5 Å². The van der Waals surface area contributed by atoms with Gasteiger partial charge in [-0.05, 0) is 36.6 Å². The number of carbonyl (C=O) groups is 2. The van der Waals surface area contributed by atoms with Gasteiger partial charge in [0.25, 0.3) is 0 Å². The molecule has 0 aliphatic carbocycles. The number of ether oxygens (including phenoxy) is 2. The van der Waals surface area contributed by atoms with E-state index in [0.29, 0.717) is 18.0 Å². The summed E-state index contributed by atoms with van der Waals surface area (Å²) in [4.78, 5) is 29.3. The van der Waals surface area contributed by atoms with Crippen LogP contribution in [0.2, 0.25) is 0 Å². The summed E-state index contributed by atoms with van der Waals surface area (Å²) < 4.78 is 37.7. The monoisotopic (exact) mass is 595 g/mol. The number of aryl methyl sites for hydroxylation is 1. The number of unbranched alkanes of at least 4 members (excludes halogenated alkanes) is 1. The number of hydrogen-bond donors (Lipinski definition) is 1. The minimum Gasteiger partial charge on any atom is -0.493 e. The Kier molecular flexibility index (Phi) is 11.8. The third-order valence-corrected chi connectivity index (χ3v) is 8.05. The van der Waals surface area contributed by atoms with Gasteiger partial charge in [0.15, 0.2) is 11.5 Å². The van der Waals surface area contributed by atoms with Crippen molar-refractivity contribution in [2.75, 3.05) is 37.9 Å². The highest BCUT2D eigenvalue weighted by atomic mass is 32.2. The fourth-order valence-corrected chi connectivity index (χ4v) is 5.39. The van der Waals surface area contributed by atoms with Crippen LogP contribution in [0.4, 0.5) is 5.69 Å². The lowest BCUT2D eigenvalue weighted by atomic mass is 10.0. The van der Waals surface area contributed by atoms with Crippen LogP contribution in [-0.2, 0) is 32.6 Å². The summed E-state index contributed by atoms with van der Waals surface area (Å²) in [7, 11) is -0.970. The first-order valence-corrected chi connectivity index (χ1v) is 15.8. The molecule has 42 heavy (non-hydrogen) atoms. The van der Waals surface area contributed by atoms with Crippen molar-refractivity contribution in [2.45, 2.75) is 45.7 Å². The van der Waals surface area contributed by atoms with Gasteiger partial charge in [-0.15, -0.1) is 0 Å². The lowest BCUT2D eigenvalue weighted by molar-refractivity contribution is -0.140. The standard InChI is InChI=1S/C32H41N3O6S/c1-6-7-19-33-32(37)28(20-25-11-9-8-10-12-25)34(22-26-15-13-24(2)14-16-26)31(36)23-35(42(5,38)39)27-17-18-29(40-3)30(21-27)41-4/h8-18,21,28H,6-7,19-20,22-23H2,1-5H3,(H,33,37). The number of benzene rings is 3. The van der Waals surface area contributed by atoms with Gasteiger partial charge >= 0.3 is 0 Å². The largest absolute Gasteiger partial charge is 0.493 e. The Balaban J connectivity index is 2.05. The van der Waals surface area contributed by atoms with Crippen LogP contribution < -0.4 is 19.1 Å². The number of anilines is 1. The van der Waals surface area contributed by atoms with E-state index in [1.807, 2.05) is 68.4 Å². The predicted octanol–water partition coefficient (Wildman–Crippen LogP) is 4.33. The van der Waals surface area contributed by atoms with Gasteiger partial charge in [0, 0.05) is 25.6 Å². The third-order valence-electron chi connectivity index (χ3n) is 6.91. The van der Waals surface area contributed by atoms with Gasteiger partial charge in [0.2, 0.25) is 21.8 Å². The van der Waals surface area contributed by atoms with Crippen molar-refractivity contribution in [1.29, 1.82) is 0 Å². The molecule has 9 nitrogen and oxygen atoms in total. The number of hydrogen-bond acceptors (Lipinski definition) is 6. The zero-order chi connectivity index (χ0) is 30.7. The Morgan fingerprint density at radius 1 is 0.905 bits per heavy atom. The van der Waals surface area contributed by atoms with E-state index in [1.165, 1.54) is 25.2 Å². The minimum atomic E-state index is -3.90. The van der Waals surface area contributed by atoms with Crippen molar-refractivity contribution in [3.05, 3.63) is 89.5 Å². The number of amides is 2. The van der Waals surface area contributed by atoms with Crippen LogP contribution in [0.15, 0.2) is 72.8 Å². The maximum Gasteiger partial charge on any atom is 0.244 e. The fraction of sp³-hybridized carbons (Fsp3) is 0.375. The third kappa shape index (κ3) is 8.97. The Labute approximate surface area is 249 Å². The number of methoxy groups -OCH3 is 2. The van der Waals surface area contributed by atoms with E-state index in [4.69, 9.17) is 9.47 Å². The number of nitrogens with one attached hydrogen (secondary N) is 1. The average Bonchev–Trinajstić information content (AvgIpc) is 2.98. The highest BCUT2D eigenvalue weighted by Crippen LogP contribution is 2.32. The number of carbonyl (C=O) groups excluding carboxylic acids is 2. The molecule has 0 fully saturated rings. The predicted molar refractivity (Wildman–Crippen MR) is 165 cm³/mol. The van der Waals surface area contributed by atoms with Gasteiger partial charge in [-0.3, -0.25) is 13.9 Å². The molecule has 2 amide bonds. The summed E-state index contributed by atoms with van der Waals surface area (Å²) in [6.07, 6.45) is 3.02. The lowest BCUT2D eigenvalue weighted by Crippen LogP contribution is -2.53. The Morgan fingerprint density at radius 3 is 2.17 bits per heavy atom. The van der Waals surface area contributed by atoms with E-state index in [2.05, 4.69) is 5.32 Å². The van der Waals surface area contributed by atoms with Crippen molar-refractivity contribution in [3.8, 4) is 11.5 Å². The lowest BCUT2D eigenvalue weighted by Gasteiger charge is -2.33. The molecule has 1 atom stereocenters. The molecule has 10 heteroatoms. The molecule has 0 bridgehead atoms. The van der Waals surface area contributed by atoms with Crippen LogP contribution >= 0.6 is 0 Å². The molecule has 0 aromatic heterocycles. The van der Waals surface area contributed by atoms with Gasteiger partial charge in [0.05, 0.1) is 26.2 Å². The molecule has 1 N–H and O–H groups in total. The quantitative estimate of drug-likeness (QED) is 0.262. The molecule has 0 saturated heterocycles. The molecule has 0 spiro atoms. The summed E-state index contributed by atoms with van der Waals surface area (Å²) in [5.41, 5.74) is 3.01. The fourth-order valence-electron chi connectivity index (χ4n) is 4.54. The van der Waals surface area contributed by atoms with Crippen LogP contribution in [0.5, 0.6) is 11.5 Å². The second-order valence-electron chi connectivity index (χ2n) is 10.2. The molecule has 3 aromatic carbocycles. The SMILES string of the molecule is CCCCNC(=O)C(Cc1ccccc1)N(Cc1ccc(C)cc1)C(=O)CN(c1ccc(OC)c(OC)c1)S(C)(=O)=O. The molecule has 3 rings (SSSR count). The number of rotatable bonds is 15. The molecular weight excluding hydrogens is 554 g/mol. The number of nitrogens with zero attached hydrogens (tertiary/aromatic N) is 2. The van der Waals surface area contributed by atoms with E-state index in [-0.39, 0.29) is 24.6 Å². The first kappa shape index (κ1) is 32.5. The minimum absolute atomic E-state index is 0.126. The Hall–Kier alpha value is -4.05. The molecule has 1 unspecified atom stereocenters. The molecule has 0 radical (unpaired) electrons. The molecule has 3 aromatic rings. The maximum atomic E-state index is 14.2. The molecule has 0 heterocycles. The summed E-state index contributed by atoms with van der Waals surface area (Å²) >= 11 is 0. The van der Waals surface area contributed by atoms with Crippen LogP contribution in [0.1, 0.15) is 36.5 Å². The van der Waals surface area contributed by atoms with Crippen LogP contribution in [0.3, 0.4) is 0 Å². The van der Waals surface area contributed by atoms with Crippen molar-refractivity contribution in [2.24, 2.45) is 0 Å². The molecule has 0 saturated carbocycles. The normalized spacial score (nSPS) is 11.8. The van der Waals surface area contributed by atoms with E-state index in [9.17, 15) is 18.0 Å². The average molecular weight is 596 g/mol. The topological polar surface area (TPSA) is 105 Å². The van der Waals surface area contributed by atoms with Crippen LogP contribution in [-0.4, -0.2) is 64.7 Å². The first-order chi connectivity index (χ1) is 20.1. The summed E-state index contributed by atoms with van der Waals surface area (Å²) in [6, 6.07) is 21.0. The van der Waals surface area contributed by atoms with Crippen molar-refractivity contribution in [1.82, 2.24) is 10.2 Å². The van der Waals surface area contributed by atoms with Crippen LogP contribution in [0, 0.1) is 6.92 Å². The van der Waals surface area contributed by atoms with E-state index >= 15 is 0 Å². The van der Waals surface area contributed by atoms with Gasteiger partial charge in [-0.1, -0.05) is 73.5 Å². The van der Waals surface area contributed by atoms with Gasteiger partial charge < -0.3 is 19.7 Å². The Morgan fingerprint density at radius 2 is 1.57 bits per heavy atom. The number of sulfonamides is 1. The smallest absolute Gasteiger partial charge is 0.244 e. The Bertz CT molecular complexity index is 1430. The molecule has 226 valence electrons. The zero-order valence-corrected chi connectivity index (χ0v) is 25.8. The summed E-state index contributed by atoms with van der Waals surface area (Å²) in [5, 5.41) is 2.98. The van der Waals surface area contributed by atoms with E-state index in [0.717, 1.165) is 40.1 Å². The maximum absolute atomic E-state index is 14.2. The van der Waals surface area contributed by atoms with Gasteiger partial charge in [0.1, 0.15) is 12.6 Å². The summed E-state index contributed by atoms with van der Waals surface area (Å²) in [5.74, 6) is -0.0503. The molecule has 0 aliphatic rings. The van der Waals surface area contributed by atoms with E-state index < -0.39 is 28.5 Å². The highest BCUT2D eigenvalue weighted by molar-refractivity contribution is 7.92. The van der Waals surface area contributed by atoms with E-state index in [1.54, 1.807) is 12.1 Å². The summed E-state index contributed by atoms with van der Waals surface area (Å²) in [6.45, 7) is 4.11. The molecular formula is C32H41N3O6S. The first-order valence-electron chi connectivity index (χ1n) is 13.9.